The molecule has 1 rings (SSSR count). The van der Waals surface area contributed by atoms with Gasteiger partial charge in [-0.25, -0.2) is 0 Å². The first-order chi connectivity index (χ1) is 7.07. The Morgan fingerprint density at radius 1 is 1.27 bits per heavy atom. The summed E-state index contributed by atoms with van der Waals surface area (Å²) in [7, 11) is 0. The molecule has 0 radical (unpaired) electrons. The van der Waals surface area contributed by atoms with Crippen molar-refractivity contribution >= 4 is 0 Å². The molecule has 1 aromatic rings. The quantitative estimate of drug-likeness (QED) is 0.795. The molecule has 0 aliphatic heterocycles. The number of aliphatic hydroxyl groups is 1. The molecule has 84 valence electrons. The van der Waals surface area contributed by atoms with Gasteiger partial charge in [0.1, 0.15) is 0 Å². The summed E-state index contributed by atoms with van der Waals surface area (Å²) in [6.45, 7) is 6.40. The number of hydrogen-bond donors (Lipinski definition) is 2. The standard InChI is InChI=1S/C13H21NO/c1-9(2)12(8-15)13(14)11-7-5-4-6-10(11)3/h4-7,9,12-13,15H,8,14H2,1-3H3. The van der Waals surface area contributed by atoms with E-state index < -0.39 is 0 Å². The molecule has 3 N–H and O–H groups in total. The minimum atomic E-state index is -0.0730. The summed E-state index contributed by atoms with van der Waals surface area (Å²) in [4.78, 5) is 0. The Morgan fingerprint density at radius 3 is 2.33 bits per heavy atom. The molecule has 0 aliphatic carbocycles. The number of nitrogens with two attached hydrogens (primary N) is 1. The number of benzene rings is 1. The summed E-state index contributed by atoms with van der Waals surface area (Å²) in [6.07, 6.45) is 0. The minimum Gasteiger partial charge on any atom is -0.396 e. The smallest absolute Gasteiger partial charge is 0.0479 e. The molecular weight excluding hydrogens is 186 g/mol. The van der Waals surface area contributed by atoms with Crippen LogP contribution in [0.15, 0.2) is 24.3 Å². The molecule has 1 aromatic carbocycles. The van der Waals surface area contributed by atoms with Crippen LogP contribution in [-0.2, 0) is 0 Å². The Hall–Kier alpha value is -0.860. The Bertz CT molecular complexity index is 309. The molecule has 2 heteroatoms. The maximum absolute atomic E-state index is 9.34. The van der Waals surface area contributed by atoms with Crippen LogP contribution in [0.1, 0.15) is 31.0 Å². The van der Waals surface area contributed by atoms with Crippen molar-refractivity contribution in [1.82, 2.24) is 0 Å². The predicted molar refractivity (Wildman–Crippen MR) is 63.5 cm³/mol. The predicted octanol–water partition coefficient (Wildman–Crippen LogP) is 2.26. The van der Waals surface area contributed by atoms with Crippen LogP contribution in [0.2, 0.25) is 0 Å². The van der Waals surface area contributed by atoms with E-state index in [1.165, 1.54) is 5.56 Å². The normalized spacial score (nSPS) is 15.3. The average Bonchev–Trinajstić information content (AvgIpc) is 2.18. The highest BCUT2D eigenvalue weighted by Gasteiger charge is 2.22. The van der Waals surface area contributed by atoms with Gasteiger partial charge in [-0.2, -0.15) is 0 Å². The molecule has 2 unspecified atom stereocenters. The van der Waals surface area contributed by atoms with E-state index in [0.29, 0.717) is 5.92 Å². The van der Waals surface area contributed by atoms with E-state index in [0.717, 1.165) is 5.56 Å². The van der Waals surface area contributed by atoms with E-state index in [9.17, 15) is 5.11 Å². The second-order valence-corrected chi connectivity index (χ2v) is 4.47. The van der Waals surface area contributed by atoms with Gasteiger partial charge in [0.05, 0.1) is 0 Å². The Kier molecular flexibility index (Phi) is 4.30. The van der Waals surface area contributed by atoms with E-state index in [1.807, 2.05) is 18.2 Å². The first-order valence-corrected chi connectivity index (χ1v) is 5.50. The molecule has 0 aromatic heterocycles. The summed E-state index contributed by atoms with van der Waals surface area (Å²) >= 11 is 0. The van der Waals surface area contributed by atoms with Crippen LogP contribution in [0, 0.1) is 18.8 Å². The fourth-order valence-corrected chi connectivity index (χ4v) is 1.93. The SMILES string of the molecule is Cc1ccccc1C(N)C(CO)C(C)C. The lowest BCUT2D eigenvalue weighted by Crippen LogP contribution is -2.29. The van der Waals surface area contributed by atoms with E-state index in [-0.39, 0.29) is 18.6 Å². The zero-order valence-corrected chi connectivity index (χ0v) is 9.77. The van der Waals surface area contributed by atoms with Crippen molar-refractivity contribution in [3.8, 4) is 0 Å². The molecule has 0 amide bonds. The van der Waals surface area contributed by atoms with E-state index in [4.69, 9.17) is 5.73 Å². The van der Waals surface area contributed by atoms with Crippen molar-refractivity contribution in [2.24, 2.45) is 17.6 Å². The maximum Gasteiger partial charge on any atom is 0.0479 e. The summed E-state index contributed by atoms with van der Waals surface area (Å²) in [5, 5.41) is 9.34. The first kappa shape index (κ1) is 12.2. The zero-order valence-electron chi connectivity index (χ0n) is 9.77. The molecule has 0 saturated carbocycles. The highest BCUT2D eigenvalue weighted by atomic mass is 16.3. The molecule has 0 heterocycles. The number of rotatable bonds is 4. The van der Waals surface area contributed by atoms with Crippen LogP contribution >= 0.6 is 0 Å². The fraction of sp³-hybridized carbons (Fsp3) is 0.538. The van der Waals surface area contributed by atoms with Crippen LogP contribution in [0.4, 0.5) is 0 Å². The van der Waals surface area contributed by atoms with Crippen LogP contribution in [0.5, 0.6) is 0 Å². The topological polar surface area (TPSA) is 46.2 Å². The van der Waals surface area contributed by atoms with Crippen molar-refractivity contribution in [2.45, 2.75) is 26.8 Å². The average molecular weight is 207 g/mol. The lowest BCUT2D eigenvalue weighted by Gasteiger charge is -2.26. The fourth-order valence-electron chi connectivity index (χ4n) is 1.93. The van der Waals surface area contributed by atoms with Gasteiger partial charge in [-0.1, -0.05) is 38.1 Å². The number of aliphatic hydroxyl groups excluding tert-OH is 1. The van der Waals surface area contributed by atoms with Crippen molar-refractivity contribution in [3.05, 3.63) is 35.4 Å². The van der Waals surface area contributed by atoms with Gasteiger partial charge < -0.3 is 10.8 Å². The highest BCUT2D eigenvalue weighted by Crippen LogP contribution is 2.27. The third kappa shape index (κ3) is 2.80. The molecule has 2 nitrogen and oxygen atoms in total. The monoisotopic (exact) mass is 207 g/mol. The Labute approximate surface area is 92.1 Å². The summed E-state index contributed by atoms with van der Waals surface area (Å²) < 4.78 is 0. The van der Waals surface area contributed by atoms with E-state index in [1.54, 1.807) is 0 Å². The third-order valence-electron chi connectivity index (χ3n) is 3.08. The largest absolute Gasteiger partial charge is 0.396 e. The summed E-state index contributed by atoms with van der Waals surface area (Å²) in [6, 6.07) is 8.04. The molecule has 0 aliphatic rings. The highest BCUT2D eigenvalue weighted by molar-refractivity contribution is 5.29. The van der Waals surface area contributed by atoms with E-state index >= 15 is 0 Å². The van der Waals surface area contributed by atoms with Gasteiger partial charge in [0.25, 0.3) is 0 Å². The first-order valence-electron chi connectivity index (χ1n) is 5.50. The lowest BCUT2D eigenvalue weighted by molar-refractivity contribution is 0.165. The van der Waals surface area contributed by atoms with Gasteiger partial charge >= 0.3 is 0 Å². The van der Waals surface area contributed by atoms with Gasteiger partial charge in [-0.05, 0) is 24.0 Å². The lowest BCUT2D eigenvalue weighted by atomic mass is 9.84. The summed E-state index contributed by atoms with van der Waals surface area (Å²) in [5.41, 5.74) is 8.53. The second-order valence-electron chi connectivity index (χ2n) is 4.47. The van der Waals surface area contributed by atoms with Crippen LogP contribution < -0.4 is 5.73 Å². The second kappa shape index (κ2) is 5.29. The molecule has 0 saturated heterocycles. The van der Waals surface area contributed by atoms with Crippen molar-refractivity contribution in [2.75, 3.05) is 6.61 Å². The van der Waals surface area contributed by atoms with Gasteiger partial charge in [-0.3, -0.25) is 0 Å². The van der Waals surface area contributed by atoms with Gasteiger partial charge in [0, 0.05) is 18.6 Å². The van der Waals surface area contributed by atoms with Gasteiger partial charge in [-0.15, -0.1) is 0 Å². The van der Waals surface area contributed by atoms with Crippen molar-refractivity contribution in [3.63, 3.8) is 0 Å². The Balaban J connectivity index is 2.92. The van der Waals surface area contributed by atoms with E-state index in [2.05, 4.69) is 26.8 Å². The van der Waals surface area contributed by atoms with Crippen molar-refractivity contribution in [1.29, 1.82) is 0 Å². The van der Waals surface area contributed by atoms with Crippen molar-refractivity contribution < 1.29 is 5.11 Å². The number of aryl methyl sites for hydroxylation is 1. The maximum atomic E-state index is 9.34. The minimum absolute atomic E-state index is 0.0730. The molecule has 0 fully saturated rings. The molecule has 15 heavy (non-hydrogen) atoms. The van der Waals surface area contributed by atoms with Crippen LogP contribution in [-0.4, -0.2) is 11.7 Å². The number of hydrogen-bond acceptors (Lipinski definition) is 2. The molecule has 0 bridgehead atoms. The van der Waals surface area contributed by atoms with Crippen LogP contribution in [0.3, 0.4) is 0 Å². The summed E-state index contributed by atoms with van der Waals surface area (Å²) in [5.74, 6) is 0.524. The zero-order chi connectivity index (χ0) is 11.4. The molecule has 0 spiro atoms. The van der Waals surface area contributed by atoms with Gasteiger partial charge in [0.2, 0.25) is 0 Å². The Morgan fingerprint density at radius 2 is 1.87 bits per heavy atom. The molecular formula is C13H21NO. The van der Waals surface area contributed by atoms with Crippen LogP contribution in [0.25, 0.3) is 0 Å². The molecule has 2 atom stereocenters. The van der Waals surface area contributed by atoms with Gasteiger partial charge in [0.15, 0.2) is 0 Å². The third-order valence-corrected chi connectivity index (χ3v) is 3.08.